The Hall–Kier alpha value is -2.46. The van der Waals surface area contributed by atoms with E-state index in [0.717, 1.165) is 35.4 Å². The average molecular weight is 336 g/mol. The molecule has 0 saturated carbocycles. The first kappa shape index (κ1) is 16.4. The molecule has 0 aliphatic heterocycles. The fraction of sp³-hybridized carbons (Fsp3) is 0.200. The molecule has 1 aromatic heterocycles. The molecule has 0 fully saturated rings. The van der Waals surface area contributed by atoms with Gasteiger partial charge in [0.2, 0.25) is 0 Å². The van der Waals surface area contributed by atoms with E-state index >= 15 is 0 Å². The van der Waals surface area contributed by atoms with Gasteiger partial charge in [0.25, 0.3) is 5.91 Å². The van der Waals surface area contributed by atoms with Crippen molar-refractivity contribution in [2.45, 2.75) is 26.3 Å². The van der Waals surface area contributed by atoms with E-state index in [4.69, 9.17) is 0 Å². The normalized spacial score (nSPS) is 11.6. The summed E-state index contributed by atoms with van der Waals surface area (Å²) in [7, 11) is 0. The van der Waals surface area contributed by atoms with E-state index in [-0.39, 0.29) is 5.91 Å². The Morgan fingerprint density at radius 1 is 1.04 bits per heavy atom. The molecular formula is C20H20N2OS. The van der Waals surface area contributed by atoms with Gasteiger partial charge in [0.05, 0.1) is 5.69 Å². The van der Waals surface area contributed by atoms with Gasteiger partial charge in [-0.25, -0.2) is 0 Å². The Morgan fingerprint density at radius 3 is 2.38 bits per heavy atom. The van der Waals surface area contributed by atoms with E-state index in [0.29, 0.717) is 5.56 Å². The summed E-state index contributed by atoms with van der Waals surface area (Å²) in [4.78, 5) is 17.5. The van der Waals surface area contributed by atoms with Gasteiger partial charge in [-0.2, -0.15) is 4.99 Å². The molecule has 0 bridgehead atoms. The van der Waals surface area contributed by atoms with E-state index < -0.39 is 0 Å². The van der Waals surface area contributed by atoms with Crippen LogP contribution in [0.25, 0.3) is 11.3 Å². The number of rotatable bonds is 5. The number of benzene rings is 2. The second kappa shape index (κ2) is 7.88. The minimum atomic E-state index is -0.192. The fourth-order valence-electron chi connectivity index (χ4n) is 2.52. The zero-order chi connectivity index (χ0) is 16.8. The van der Waals surface area contributed by atoms with Crippen molar-refractivity contribution in [2.24, 2.45) is 4.99 Å². The fourth-order valence-corrected chi connectivity index (χ4v) is 3.46. The van der Waals surface area contributed by atoms with Gasteiger partial charge in [-0.1, -0.05) is 61.9 Å². The van der Waals surface area contributed by atoms with Crippen molar-refractivity contribution in [3.8, 4) is 11.3 Å². The minimum Gasteiger partial charge on any atom is -0.316 e. The molecule has 0 aliphatic rings. The third-order valence-corrected chi connectivity index (χ3v) is 4.68. The third kappa shape index (κ3) is 3.71. The maximum atomic E-state index is 12.4. The highest BCUT2D eigenvalue weighted by molar-refractivity contribution is 7.07. The second-order valence-corrected chi connectivity index (χ2v) is 6.39. The Labute approximate surface area is 145 Å². The van der Waals surface area contributed by atoms with Crippen LogP contribution in [0.3, 0.4) is 0 Å². The quantitative estimate of drug-likeness (QED) is 0.661. The van der Waals surface area contributed by atoms with Crippen LogP contribution >= 0.6 is 11.3 Å². The number of carbonyl (C=O) groups is 1. The van der Waals surface area contributed by atoms with E-state index in [2.05, 4.69) is 34.0 Å². The summed E-state index contributed by atoms with van der Waals surface area (Å²) in [5.41, 5.74) is 2.89. The minimum absolute atomic E-state index is 0.192. The molecule has 0 aliphatic carbocycles. The van der Waals surface area contributed by atoms with Gasteiger partial charge in [-0.3, -0.25) is 4.79 Å². The van der Waals surface area contributed by atoms with Gasteiger partial charge in [-0.15, -0.1) is 11.3 Å². The number of nitrogens with zero attached hydrogens (tertiary/aromatic N) is 2. The van der Waals surface area contributed by atoms with Gasteiger partial charge in [0.1, 0.15) is 0 Å². The lowest BCUT2D eigenvalue weighted by atomic mass is 10.2. The van der Waals surface area contributed by atoms with E-state index in [1.807, 2.05) is 36.4 Å². The standard InChI is InChI=1S/C20H20N2OS/c1-2-3-14-22-18(16-10-6-4-7-11-16)15-24-20(22)21-19(23)17-12-8-5-9-13-17/h4-13,15H,2-3,14H2,1H3. The van der Waals surface area contributed by atoms with Crippen molar-refractivity contribution in [3.63, 3.8) is 0 Å². The Balaban J connectivity index is 2.03. The summed E-state index contributed by atoms with van der Waals surface area (Å²) in [5.74, 6) is -0.192. The largest absolute Gasteiger partial charge is 0.316 e. The lowest BCUT2D eigenvalue weighted by molar-refractivity contribution is 0.0998. The lowest BCUT2D eigenvalue weighted by Crippen LogP contribution is -2.18. The van der Waals surface area contributed by atoms with Crippen LogP contribution in [0.1, 0.15) is 30.1 Å². The summed E-state index contributed by atoms with van der Waals surface area (Å²) < 4.78 is 2.16. The highest BCUT2D eigenvalue weighted by atomic mass is 32.1. The first-order valence-corrected chi connectivity index (χ1v) is 9.05. The number of amides is 1. The number of unbranched alkanes of at least 4 members (excludes halogenated alkanes) is 1. The first-order valence-electron chi connectivity index (χ1n) is 8.17. The molecule has 0 atom stereocenters. The summed E-state index contributed by atoms with van der Waals surface area (Å²) >= 11 is 1.52. The van der Waals surface area contributed by atoms with Crippen LogP contribution in [0.5, 0.6) is 0 Å². The third-order valence-electron chi connectivity index (χ3n) is 3.82. The topological polar surface area (TPSA) is 34.4 Å². The summed E-state index contributed by atoms with van der Waals surface area (Å²) in [6.07, 6.45) is 2.16. The van der Waals surface area contributed by atoms with Crippen molar-refractivity contribution in [1.29, 1.82) is 0 Å². The molecule has 3 aromatic rings. The molecule has 0 spiro atoms. The van der Waals surface area contributed by atoms with Crippen LogP contribution in [0.4, 0.5) is 0 Å². The van der Waals surface area contributed by atoms with Gasteiger partial charge in [0.15, 0.2) is 4.80 Å². The molecule has 0 saturated heterocycles. The van der Waals surface area contributed by atoms with Crippen LogP contribution in [-0.2, 0) is 6.54 Å². The first-order chi connectivity index (χ1) is 11.8. The molecule has 1 heterocycles. The van der Waals surface area contributed by atoms with E-state index in [1.54, 1.807) is 12.1 Å². The zero-order valence-electron chi connectivity index (χ0n) is 13.7. The summed E-state index contributed by atoms with van der Waals surface area (Å²) in [6.45, 7) is 3.03. The van der Waals surface area contributed by atoms with Crippen molar-refractivity contribution in [3.05, 3.63) is 76.4 Å². The Morgan fingerprint density at radius 2 is 1.71 bits per heavy atom. The monoisotopic (exact) mass is 336 g/mol. The molecule has 3 nitrogen and oxygen atoms in total. The molecule has 3 rings (SSSR count). The van der Waals surface area contributed by atoms with Crippen LogP contribution < -0.4 is 4.80 Å². The van der Waals surface area contributed by atoms with Gasteiger partial charge < -0.3 is 4.57 Å². The average Bonchev–Trinajstić information content (AvgIpc) is 3.04. The lowest BCUT2D eigenvalue weighted by Gasteiger charge is -2.08. The Bertz CT molecular complexity index is 863. The van der Waals surface area contributed by atoms with Gasteiger partial charge >= 0.3 is 0 Å². The van der Waals surface area contributed by atoms with Gasteiger partial charge in [0, 0.05) is 17.5 Å². The van der Waals surface area contributed by atoms with Crippen molar-refractivity contribution >= 4 is 17.2 Å². The number of carbonyl (C=O) groups excluding carboxylic acids is 1. The van der Waals surface area contributed by atoms with Crippen molar-refractivity contribution in [2.75, 3.05) is 0 Å². The highest BCUT2D eigenvalue weighted by Gasteiger charge is 2.09. The molecule has 1 amide bonds. The predicted octanol–water partition coefficient (Wildman–Crippen LogP) is 4.76. The summed E-state index contributed by atoms with van der Waals surface area (Å²) in [6, 6.07) is 19.5. The SMILES string of the molecule is CCCCn1c(-c2ccccc2)csc1=NC(=O)c1ccccc1. The summed E-state index contributed by atoms with van der Waals surface area (Å²) in [5, 5.41) is 2.09. The molecule has 4 heteroatoms. The second-order valence-electron chi connectivity index (χ2n) is 5.56. The van der Waals surface area contributed by atoms with E-state index in [1.165, 1.54) is 11.3 Å². The van der Waals surface area contributed by atoms with Crippen molar-refractivity contribution < 1.29 is 4.79 Å². The molecular weight excluding hydrogens is 316 g/mol. The highest BCUT2D eigenvalue weighted by Crippen LogP contribution is 2.20. The number of aromatic nitrogens is 1. The molecule has 0 N–H and O–H groups in total. The van der Waals surface area contributed by atoms with E-state index in [9.17, 15) is 4.79 Å². The zero-order valence-corrected chi connectivity index (χ0v) is 14.5. The van der Waals surface area contributed by atoms with Crippen LogP contribution in [-0.4, -0.2) is 10.5 Å². The Kier molecular flexibility index (Phi) is 5.39. The molecule has 2 aromatic carbocycles. The molecule has 24 heavy (non-hydrogen) atoms. The predicted molar refractivity (Wildman–Crippen MR) is 99.0 cm³/mol. The maximum Gasteiger partial charge on any atom is 0.279 e. The number of hydrogen-bond acceptors (Lipinski definition) is 2. The maximum absolute atomic E-state index is 12.4. The van der Waals surface area contributed by atoms with Crippen LogP contribution in [0.15, 0.2) is 71.0 Å². The number of thiazole rings is 1. The molecule has 0 unspecified atom stereocenters. The smallest absolute Gasteiger partial charge is 0.279 e. The molecule has 0 radical (unpaired) electrons. The van der Waals surface area contributed by atoms with Gasteiger partial charge in [-0.05, 0) is 24.1 Å². The van der Waals surface area contributed by atoms with Crippen LogP contribution in [0, 0.1) is 0 Å². The van der Waals surface area contributed by atoms with Crippen LogP contribution in [0.2, 0.25) is 0 Å². The van der Waals surface area contributed by atoms with Crippen molar-refractivity contribution in [1.82, 2.24) is 4.57 Å². The number of hydrogen-bond donors (Lipinski definition) is 0. The molecule has 122 valence electrons.